The fourth-order valence-corrected chi connectivity index (χ4v) is 7.05. The molecule has 5 heteroatoms. The van der Waals surface area contributed by atoms with Gasteiger partial charge in [-0.25, -0.2) is 4.98 Å². The highest BCUT2D eigenvalue weighted by atomic mass is 32.2. The van der Waals surface area contributed by atoms with Gasteiger partial charge in [0.1, 0.15) is 5.01 Å². The van der Waals surface area contributed by atoms with Crippen molar-refractivity contribution in [2.75, 3.05) is 23.8 Å². The van der Waals surface area contributed by atoms with Crippen LogP contribution in [0.15, 0.2) is 0 Å². The van der Waals surface area contributed by atoms with E-state index in [9.17, 15) is 0 Å². The van der Waals surface area contributed by atoms with Crippen molar-refractivity contribution in [1.82, 2.24) is 10.3 Å². The molecular formula is C15H24N2S3. The molecule has 0 bridgehead atoms. The van der Waals surface area contributed by atoms with Crippen LogP contribution >= 0.6 is 34.9 Å². The predicted octanol–water partition coefficient (Wildman–Crippen LogP) is 4.08. The van der Waals surface area contributed by atoms with Gasteiger partial charge in [0.15, 0.2) is 0 Å². The lowest BCUT2D eigenvalue weighted by atomic mass is 9.91. The zero-order chi connectivity index (χ0) is 13.9. The third-order valence-corrected chi connectivity index (χ3v) is 8.11. The highest BCUT2D eigenvalue weighted by Gasteiger charge is 2.28. The van der Waals surface area contributed by atoms with Gasteiger partial charge in [-0.1, -0.05) is 13.8 Å². The molecule has 2 aliphatic rings. The molecule has 112 valence electrons. The molecule has 0 amide bonds. The number of hydrogen-bond donors (Lipinski definition) is 1. The van der Waals surface area contributed by atoms with Crippen LogP contribution in [-0.2, 0) is 6.42 Å². The van der Waals surface area contributed by atoms with E-state index >= 15 is 0 Å². The summed E-state index contributed by atoms with van der Waals surface area (Å²) in [6, 6.07) is 0.573. The molecule has 0 spiro atoms. The molecule has 1 aromatic rings. The van der Waals surface area contributed by atoms with Gasteiger partial charge in [0.05, 0.1) is 10.9 Å². The molecule has 20 heavy (non-hydrogen) atoms. The molecule has 1 N–H and O–H groups in total. The van der Waals surface area contributed by atoms with Crippen LogP contribution in [0.4, 0.5) is 0 Å². The van der Waals surface area contributed by atoms with Gasteiger partial charge in [0.2, 0.25) is 0 Å². The first kappa shape index (κ1) is 15.2. The van der Waals surface area contributed by atoms with Crippen LogP contribution in [0.2, 0.25) is 0 Å². The molecular weight excluding hydrogens is 304 g/mol. The maximum Gasteiger partial charge on any atom is 0.107 e. The Kier molecular flexibility index (Phi) is 5.34. The van der Waals surface area contributed by atoms with Crippen LogP contribution in [0.3, 0.4) is 0 Å². The molecule has 0 radical (unpaired) electrons. The van der Waals surface area contributed by atoms with Gasteiger partial charge in [-0.2, -0.15) is 11.8 Å². The van der Waals surface area contributed by atoms with E-state index in [1.165, 1.54) is 47.2 Å². The molecule has 1 aliphatic carbocycles. The van der Waals surface area contributed by atoms with Crippen molar-refractivity contribution in [2.24, 2.45) is 0 Å². The Morgan fingerprint density at radius 2 is 2.25 bits per heavy atom. The topological polar surface area (TPSA) is 24.9 Å². The first-order valence-corrected chi connectivity index (χ1v) is 10.7. The second-order valence-electron chi connectivity index (χ2n) is 5.95. The van der Waals surface area contributed by atoms with Crippen LogP contribution in [0.25, 0.3) is 0 Å². The number of aromatic nitrogens is 1. The van der Waals surface area contributed by atoms with Gasteiger partial charge in [-0.15, -0.1) is 23.1 Å². The van der Waals surface area contributed by atoms with E-state index in [1.807, 2.05) is 11.3 Å². The molecule has 0 saturated carbocycles. The van der Waals surface area contributed by atoms with Crippen molar-refractivity contribution in [3.05, 3.63) is 15.6 Å². The molecule has 0 aromatic carbocycles. The zero-order valence-electron chi connectivity index (χ0n) is 12.4. The Balaban J connectivity index is 1.73. The Hall–Kier alpha value is 0.290. The second kappa shape index (κ2) is 7.03. The van der Waals surface area contributed by atoms with Gasteiger partial charge >= 0.3 is 0 Å². The maximum atomic E-state index is 5.08. The van der Waals surface area contributed by atoms with E-state index in [4.69, 9.17) is 4.98 Å². The standard InChI is InChI=1S/C15H24N2S3/c1-10(2)16-8-11-4-3-5-12-14(11)17-15(20-12)13-9-18-6-7-19-13/h10-11,13,16H,3-9H2,1-2H3. The van der Waals surface area contributed by atoms with E-state index in [0.29, 0.717) is 17.2 Å². The number of nitrogens with zero attached hydrogens (tertiary/aromatic N) is 1. The lowest BCUT2D eigenvalue weighted by Gasteiger charge is -2.22. The lowest BCUT2D eigenvalue weighted by molar-refractivity contribution is 0.474. The number of thioether (sulfide) groups is 2. The van der Waals surface area contributed by atoms with Gasteiger partial charge in [-0.3, -0.25) is 0 Å². The molecule has 1 fully saturated rings. The molecule has 2 atom stereocenters. The van der Waals surface area contributed by atoms with Crippen molar-refractivity contribution < 1.29 is 0 Å². The quantitative estimate of drug-likeness (QED) is 0.900. The monoisotopic (exact) mass is 328 g/mol. The van der Waals surface area contributed by atoms with E-state index in [1.54, 1.807) is 4.88 Å². The van der Waals surface area contributed by atoms with Crippen molar-refractivity contribution in [3.8, 4) is 0 Å². The molecule has 2 unspecified atom stereocenters. The summed E-state index contributed by atoms with van der Waals surface area (Å²) in [5.74, 6) is 4.50. The normalized spacial score (nSPS) is 26.8. The number of fused-ring (bicyclic) bond motifs is 1. The average Bonchev–Trinajstić information content (AvgIpc) is 2.90. The number of aryl methyl sites for hydroxylation is 1. The molecule has 2 nitrogen and oxygen atoms in total. The number of nitrogens with one attached hydrogen (secondary N) is 1. The van der Waals surface area contributed by atoms with Gasteiger partial charge in [0, 0.05) is 40.6 Å². The minimum atomic E-state index is 0.573. The molecule has 1 aliphatic heterocycles. The molecule has 1 aromatic heterocycles. The summed E-state index contributed by atoms with van der Waals surface area (Å²) in [5, 5.41) is 5.66. The highest BCUT2D eigenvalue weighted by molar-refractivity contribution is 8.06. The number of hydrogen-bond acceptors (Lipinski definition) is 5. The van der Waals surface area contributed by atoms with Crippen LogP contribution in [0.5, 0.6) is 0 Å². The van der Waals surface area contributed by atoms with E-state index in [2.05, 4.69) is 42.7 Å². The fraction of sp³-hybridized carbons (Fsp3) is 0.800. The van der Waals surface area contributed by atoms with Gasteiger partial charge < -0.3 is 5.32 Å². The summed E-state index contributed by atoms with van der Waals surface area (Å²) in [6.45, 7) is 5.55. The summed E-state index contributed by atoms with van der Waals surface area (Å²) in [4.78, 5) is 6.66. The first-order chi connectivity index (χ1) is 9.74. The van der Waals surface area contributed by atoms with Crippen LogP contribution in [-0.4, -0.2) is 34.8 Å². The third-order valence-electron chi connectivity index (χ3n) is 3.95. The zero-order valence-corrected chi connectivity index (χ0v) is 14.8. The van der Waals surface area contributed by atoms with Crippen LogP contribution in [0.1, 0.15) is 53.4 Å². The Morgan fingerprint density at radius 3 is 3.00 bits per heavy atom. The van der Waals surface area contributed by atoms with Crippen molar-refractivity contribution in [3.63, 3.8) is 0 Å². The first-order valence-electron chi connectivity index (χ1n) is 7.66. The third kappa shape index (κ3) is 3.54. The van der Waals surface area contributed by atoms with Crippen LogP contribution < -0.4 is 5.32 Å². The van der Waals surface area contributed by atoms with E-state index in [-0.39, 0.29) is 0 Å². The van der Waals surface area contributed by atoms with Crippen LogP contribution in [0, 0.1) is 0 Å². The maximum absolute atomic E-state index is 5.08. The largest absolute Gasteiger partial charge is 0.314 e. The summed E-state index contributed by atoms with van der Waals surface area (Å²) >= 11 is 6.21. The highest BCUT2D eigenvalue weighted by Crippen LogP contribution is 2.42. The molecule has 3 rings (SSSR count). The van der Waals surface area contributed by atoms with E-state index < -0.39 is 0 Å². The van der Waals surface area contributed by atoms with Crippen molar-refractivity contribution in [1.29, 1.82) is 0 Å². The summed E-state index contributed by atoms with van der Waals surface area (Å²) in [7, 11) is 0. The molecule has 1 saturated heterocycles. The minimum Gasteiger partial charge on any atom is -0.314 e. The second-order valence-corrected chi connectivity index (χ2v) is 9.52. The Morgan fingerprint density at radius 1 is 1.35 bits per heavy atom. The minimum absolute atomic E-state index is 0.573. The Labute approximate surface area is 134 Å². The van der Waals surface area contributed by atoms with E-state index in [0.717, 1.165) is 6.54 Å². The van der Waals surface area contributed by atoms with Crippen molar-refractivity contribution in [2.45, 2.75) is 50.3 Å². The summed E-state index contributed by atoms with van der Waals surface area (Å²) in [5.41, 5.74) is 1.43. The lowest BCUT2D eigenvalue weighted by Crippen LogP contribution is -2.29. The SMILES string of the molecule is CC(C)NCC1CCCc2sc(C3CSCCS3)nc21. The fourth-order valence-electron chi connectivity index (χ4n) is 2.87. The molecule has 2 heterocycles. The van der Waals surface area contributed by atoms with Gasteiger partial charge in [-0.05, 0) is 19.3 Å². The predicted molar refractivity (Wildman–Crippen MR) is 93.5 cm³/mol. The van der Waals surface area contributed by atoms with Gasteiger partial charge in [0.25, 0.3) is 0 Å². The summed E-state index contributed by atoms with van der Waals surface area (Å²) in [6.07, 6.45) is 3.91. The Bertz CT molecular complexity index is 438. The summed E-state index contributed by atoms with van der Waals surface area (Å²) < 4.78 is 0. The number of rotatable bonds is 4. The number of thiazole rings is 1. The van der Waals surface area contributed by atoms with Crippen molar-refractivity contribution >= 4 is 34.9 Å². The average molecular weight is 329 g/mol. The smallest absolute Gasteiger partial charge is 0.107 e.